The Morgan fingerprint density at radius 1 is 1.19 bits per heavy atom. The number of nitrogens with zero attached hydrogens (tertiary/aromatic N) is 2. The molecule has 0 aliphatic rings. The van der Waals surface area contributed by atoms with Gasteiger partial charge in [0.2, 0.25) is 11.7 Å². The maximum absolute atomic E-state index is 13.0. The molecule has 106 valence electrons. The highest BCUT2D eigenvalue weighted by Gasteiger charge is 2.13. The van der Waals surface area contributed by atoms with Gasteiger partial charge in [0.15, 0.2) is 0 Å². The van der Waals surface area contributed by atoms with Crippen LogP contribution >= 0.6 is 11.6 Å². The first kappa shape index (κ1) is 13.6. The first-order valence-corrected chi connectivity index (χ1v) is 6.55. The van der Waals surface area contributed by atoms with Crippen LogP contribution in [0, 0.1) is 5.82 Å². The van der Waals surface area contributed by atoms with Crippen LogP contribution in [0.2, 0.25) is 5.02 Å². The van der Waals surface area contributed by atoms with Crippen molar-refractivity contribution < 1.29 is 14.0 Å². The SMILES string of the molecule is Oc1cccc(Cc2nc(-c3ccc(F)cc3Cl)no2)c1. The third-order valence-electron chi connectivity index (χ3n) is 2.91. The van der Waals surface area contributed by atoms with Gasteiger partial charge in [-0.15, -0.1) is 0 Å². The fourth-order valence-electron chi connectivity index (χ4n) is 1.95. The summed E-state index contributed by atoms with van der Waals surface area (Å²) in [7, 11) is 0. The second kappa shape index (κ2) is 5.54. The van der Waals surface area contributed by atoms with Crippen LogP contribution in [0.3, 0.4) is 0 Å². The van der Waals surface area contributed by atoms with Gasteiger partial charge in [0, 0.05) is 5.56 Å². The predicted octanol–water partition coefficient (Wildman–Crippen LogP) is 3.83. The average molecular weight is 305 g/mol. The minimum Gasteiger partial charge on any atom is -0.508 e. The molecule has 0 saturated carbocycles. The second-order valence-electron chi connectivity index (χ2n) is 4.48. The molecule has 0 saturated heterocycles. The molecule has 0 amide bonds. The quantitative estimate of drug-likeness (QED) is 0.799. The van der Waals surface area contributed by atoms with Crippen LogP contribution in [0.1, 0.15) is 11.5 Å². The predicted molar refractivity (Wildman–Crippen MR) is 75.6 cm³/mol. The van der Waals surface area contributed by atoms with E-state index in [1.807, 2.05) is 6.07 Å². The van der Waals surface area contributed by atoms with E-state index in [4.69, 9.17) is 16.1 Å². The lowest BCUT2D eigenvalue weighted by Crippen LogP contribution is -1.89. The summed E-state index contributed by atoms with van der Waals surface area (Å²) in [6, 6.07) is 10.8. The molecule has 1 N–H and O–H groups in total. The maximum atomic E-state index is 13.0. The van der Waals surface area contributed by atoms with E-state index in [0.717, 1.165) is 5.56 Å². The highest BCUT2D eigenvalue weighted by molar-refractivity contribution is 6.33. The Kier molecular flexibility index (Phi) is 3.58. The van der Waals surface area contributed by atoms with E-state index >= 15 is 0 Å². The van der Waals surface area contributed by atoms with Gasteiger partial charge in [0.1, 0.15) is 11.6 Å². The van der Waals surface area contributed by atoms with Gasteiger partial charge in [-0.05, 0) is 35.9 Å². The van der Waals surface area contributed by atoms with Gasteiger partial charge in [-0.3, -0.25) is 0 Å². The molecule has 0 atom stereocenters. The highest BCUT2D eigenvalue weighted by atomic mass is 35.5. The molecule has 0 aliphatic carbocycles. The number of phenols is 1. The summed E-state index contributed by atoms with van der Waals surface area (Å²) in [5, 5.41) is 13.5. The Morgan fingerprint density at radius 3 is 2.81 bits per heavy atom. The van der Waals surface area contributed by atoms with E-state index < -0.39 is 5.82 Å². The Hall–Kier alpha value is -2.40. The van der Waals surface area contributed by atoms with Crippen LogP contribution in [0.4, 0.5) is 4.39 Å². The van der Waals surface area contributed by atoms with Gasteiger partial charge < -0.3 is 9.63 Å². The molecular formula is C15H10ClFN2O2. The van der Waals surface area contributed by atoms with Crippen molar-refractivity contribution in [1.82, 2.24) is 10.1 Å². The zero-order valence-electron chi connectivity index (χ0n) is 10.8. The van der Waals surface area contributed by atoms with Crippen molar-refractivity contribution in [2.75, 3.05) is 0 Å². The molecule has 6 heteroatoms. The van der Waals surface area contributed by atoms with Crippen molar-refractivity contribution in [3.8, 4) is 17.1 Å². The van der Waals surface area contributed by atoms with Gasteiger partial charge in [0.05, 0.1) is 11.4 Å². The third kappa shape index (κ3) is 3.03. The summed E-state index contributed by atoms with van der Waals surface area (Å²) >= 11 is 5.96. The van der Waals surface area contributed by atoms with E-state index in [1.54, 1.807) is 18.2 Å². The minimum atomic E-state index is -0.424. The minimum absolute atomic E-state index is 0.175. The van der Waals surface area contributed by atoms with E-state index in [1.165, 1.54) is 18.2 Å². The average Bonchev–Trinajstić information content (AvgIpc) is 2.87. The number of hydrogen-bond acceptors (Lipinski definition) is 4. The fourth-order valence-corrected chi connectivity index (χ4v) is 2.20. The molecule has 0 spiro atoms. The summed E-state index contributed by atoms with van der Waals surface area (Å²) in [6.07, 6.45) is 0.389. The van der Waals surface area contributed by atoms with Gasteiger partial charge >= 0.3 is 0 Å². The van der Waals surface area contributed by atoms with E-state index in [0.29, 0.717) is 23.7 Å². The number of rotatable bonds is 3. The normalized spacial score (nSPS) is 10.8. The Bertz CT molecular complexity index is 789. The maximum Gasteiger partial charge on any atom is 0.231 e. The fraction of sp³-hybridized carbons (Fsp3) is 0.0667. The number of halogens is 2. The van der Waals surface area contributed by atoms with Crippen molar-refractivity contribution in [3.63, 3.8) is 0 Å². The van der Waals surface area contributed by atoms with E-state index in [9.17, 15) is 9.50 Å². The van der Waals surface area contributed by atoms with Crippen LogP contribution in [0.5, 0.6) is 5.75 Å². The first-order valence-electron chi connectivity index (χ1n) is 6.18. The Morgan fingerprint density at radius 2 is 2.05 bits per heavy atom. The van der Waals surface area contributed by atoms with Crippen molar-refractivity contribution in [2.24, 2.45) is 0 Å². The molecule has 3 rings (SSSR count). The molecule has 3 aromatic rings. The second-order valence-corrected chi connectivity index (χ2v) is 4.89. The van der Waals surface area contributed by atoms with Gasteiger partial charge in [-0.25, -0.2) is 4.39 Å². The molecule has 2 aromatic carbocycles. The van der Waals surface area contributed by atoms with E-state index in [-0.39, 0.29) is 10.8 Å². The lowest BCUT2D eigenvalue weighted by atomic mass is 10.1. The van der Waals surface area contributed by atoms with Gasteiger partial charge in [-0.1, -0.05) is 28.9 Å². The number of aromatic nitrogens is 2. The van der Waals surface area contributed by atoms with Crippen LogP contribution in [0.25, 0.3) is 11.4 Å². The van der Waals surface area contributed by atoms with Gasteiger partial charge in [-0.2, -0.15) is 4.98 Å². The molecule has 0 radical (unpaired) electrons. The zero-order chi connectivity index (χ0) is 14.8. The summed E-state index contributed by atoms with van der Waals surface area (Å²) in [5.41, 5.74) is 1.35. The van der Waals surface area contributed by atoms with Crippen LogP contribution in [-0.2, 0) is 6.42 Å². The molecule has 4 nitrogen and oxygen atoms in total. The number of hydrogen-bond donors (Lipinski definition) is 1. The van der Waals surface area contributed by atoms with Crippen molar-refractivity contribution in [3.05, 3.63) is 64.8 Å². The van der Waals surface area contributed by atoms with Crippen molar-refractivity contribution in [2.45, 2.75) is 6.42 Å². The summed E-state index contributed by atoms with van der Waals surface area (Å²) in [4.78, 5) is 4.23. The topological polar surface area (TPSA) is 59.2 Å². The van der Waals surface area contributed by atoms with Crippen LogP contribution in [0.15, 0.2) is 47.0 Å². The number of aromatic hydroxyl groups is 1. The monoisotopic (exact) mass is 304 g/mol. The standard InChI is InChI=1S/C15H10ClFN2O2/c16-13-8-10(17)4-5-12(13)15-18-14(21-19-15)7-9-2-1-3-11(20)6-9/h1-6,8,20H,7H2. The van der Waals surface area contributed by atoms with Crippen LogP contribution in [-0.4, -0.2) is 15.2 Å². The molecule has 0 fully saturated rings. The third-order valence-corrected chi connectivity index (χ3v) is 3.22. The molecule has 0 unspecified atom stereocenters. The molecule has 1 heterocycles. The highest BCUT2D eigenvalue weighted by Crippen LogP contribution is 2.26. The summed E-state index contributed by atoms with van der Waals surface area (Å²) in [6.45, 7) is 0. The zero-order valence-corrected chi connectivity index (χ0v) is 11.5. The van der Waals surface area contributed by atoms with E-state index in [2.05, 4.69) is 10.1 Å². The first-order chi connectivity index (χ1) is 10.1. The van der Waals surface area contributed by atoms with Gasteiger partial charge in [0.25, 0.3) is 0 Å². The Labute approximate surface area is 124 Å². The smallest absolute Gasteiger partial charge is 0.231 e. The van der Waals surface area contributed by atoms with Crippen molar-refractivity contribution >= 4 is 11.6 Å². The van der Waals surface area contributed by atoms with Crippen LogP contribution < -0.4 is 0 Å². The summed E-state index contributed by atoms with van der Waals surface area (Å²) in [5.74, 6) is 0.437. The molecule has 0 aliphatic heterocycles. The molecule has 0 bridgehead atoms. The molecule has 1 aromatic heterocycles. The largest absolute Gasteiger partial charge is 0.508 e. The Balaban J connectivity index is 1.86. The molecule has 21 heavy (non-hydrogen) atoms. The number of phenolic OH excluding ortho intramolecular Hbond substituents is 1. The van der Waals surface area contributed by atoms with Crippen molar-refractivity contribution in [1.29, 1.82) is 0 Å². The summed E-state index contributed by atoms with van der Waals surface area (Å²) < 4.78 is 18.2. The lowest BCUT2D eigenvalue weighted by molar-refractivity contribution is 0.385. The molecular weight excluding hydrogens is 295 g/mol. The number of benzene rings is 2. The lowest BCUT2D eigenvalue weighted by Gasteiger charge is -1.98.